The van der Waals surface area contributed by atoms with Gasteiger partial charge in [0.1, 0.15) is 12.1 Å². The summed E-state index contributed by atoms with van der Waals surface area (Å²) in [6, 6.07) is -1.92. The number of carbonyl (C=O) groups is 2. The number of hydrogen-bond donors (Lipinski definition) is 2. The van der Waals surface area contributed by atoms with E-state index in [1.165, 1.54) is 6.92 Å². The second-order valence-corrected chi connectivity index (χ2v) is 5.72. The highest BCUT2D eigenvalue weighted by molar-refractivity contribution is 5.89. The molecule has 1 heterocycles. The van der Waals surface area contributed by atoms with E-state index in [-0.39, 0.29) is 31.7 Å². The third-order valence-corrected chi connectivity index (χ3v) is 3.68. The average molecular weight is 339 g/mol. The zero-order valence-corrected chi connectivity index (χ0v) is 13.6. The highest BCUT2D eigenvalue weighted by Crippen LogP contribution is 2.19. The molecule has 2 N–H and O–H groups in total. The van der Waals surface area contributed by atoms with Crippen molar-refractivity contribution >= 4 is 11.8 Å². The summed E-state index contributed by atoms with van der Waals surface area (Å²) in [6.45, 7) is 4.08. The molecule has 0 aliphatic carbocycles. The number of nitrogens with one attached hydrogen (secondary N) is 2. The first-order chi connectivity index (χ1) is 10.6. The third kappa shape index (κ3) is 6.74. The molecule has 134 valence electrons. The van der Waals surface area contributed by atoms with Crippen molar-refractivity contribution in [2.45, 2.75) is 51.5 Å². The first kappa shape index (κ1) is 19.7. The Morgan fingerprint density at radius 2 is 1.96 bits per heavy atom. The molecule has 23 heavy (non-hydrogen) atoms. The SMILES string of the molecule is CC[C@H](C)NC(=O)[C@@H](C)NC(=O)[C@H]1COCCN1CC(F)(F)F. The lowest BCUT2D eigenvalue weighted by atomic mass is 10.1. The van der Waals surface area contributed by atoms with E-state index in [2.05, 4.69) is 10.6 Å². The quantitative estimate of drug-likeness (QED) is 0.746. The molecule has 1 saturated heterocycles. The minimum absolute atomic E-state index is 0.0189. The Morgan fingerprint density at radius 3 is 2.52 bits per heavy atom. The van der Waals surface area contributed by atoms with Crippen molar-refractivity contribution in [1.82, 2.24) is 15.5 Å². The lowest BCUT2D eigenvalue weighted by molar-refractivity contribution is -0.167. The van der Waals surface area contributed by atoms with Crippen LogP contribution in [0.3, 0.4) is 0 Å². The largest absolute Gasteiger partial charge is 0.401 e. The fourth-order valence-corrected chi connectivity index (χ4v) is 2.14. The zero-order chi connectivity index (χ0) is 17.6. The predicted molar refractivity (Wildman–Crippen MR) is 77.7 cm³/mol. The maximum absolute atomic E-state index is 12.6. The van der Waals surface area contributed by atoms with Gasteiger partial charge in [-0.15, -0.1) is 0 Å². The Bertz CT molecular complexity index is 418. The second-order valence-electron chi connectivity index (χ2n) is 5.72. The van der Waals surface area contributed by atoms with Gasteiger partial charge in [0.05, 0.1) is 19.8 Å². The molecule has 0 aromatic rings. The number of alkyl halides is 3. The number of ether oxygens (including phenoxy) is 1. The molecule has 0 aromatic carbocycles. The molecule has 1 aliphatic heterocycles. The molecule has 0 bridgehead atoms. The maximum atomic E-state index is 12.6. The number of rotatable bonds is 6. The Balaban J connectivity index is 2.61. The van der Waals surface area contributed by atoms with Gasteiger partial charge in [0.2, 0.25) is 11.8 Å². The number of hydrogen-bond acceptors (Lipinski definition) is 4. The molecule has 0 radical (unpaired) electrons. The van der Waals surface area contributed by atoms with Gasteiger partial charge in [0.25, 0.3) is 0 Å². The van der Waals surface area contributed by atoms with Crippen LogP contribution < -0.4 is 10.6 Å². The number of carbonyl (C=O) groups excluding carboxylic acids is 2. The van der Waals surface area contributed by atoms with Gasteiger partial charge >= 0.3 is 6.18 Å². The zero-order valence-electron chi connectivity index (χ0n) is 13.6. The summed E-state index contributed by atoms with van der Waals surface area (Å²) in [5, 5.41) is 5.16. The van der Waals surface area contributed by atoms with Gasteiger partial charge in [-0.25, -0.2) is 0 Å². The first-order valence-electron chi connectivity index (χ1n) is 7.63. The van der Waals surface area contributed by atoms with Crippen LogP contribution in [0.5, 0.6) is 0 Å². The van der Waals surface area contributed by atoms with Crippen LogP contribution >= 0.6 is 0 Å². The predicted octanol–water partition coefficient (Wildman–Crippen LogP) is 0.669. The van der Waals surface area contributed by atoms with Crippen molar-refractivity contribution in [1.29, 1.82) is 0 Å². The summed E-state index contributed by atoms with van der Waals surface area (Å²) in [5.41, 5.74) is 0. The van der Waals surface area contributed by atoms with Crippen molar-refractivity contribution in [2.24, 2.45) is 0 Å². The van der Waals surface area contributed by atoms with Gasteiger partial charge in [-0.2, -0.15) is 13.2 Å². The Labute approximate surface area is 133 Å². The molecular weight excluding hydrogens is 315 g/mol. The summed E-state index contributed by atoms with van der Waals surface area (Å²) in [6.07, 6.45) is -3.66. The second kappa shape index (κ2) is 8.49. The third-order valence-electron chi connectivity index (χ3n) is 3.68. The van der Waals surface area contributed by atoms with E-state index in [9.17, 15) is 22.8 Å². The summed E-state index contributed by atoms with van der Waals surface area (Å²) in [4.78, 5) is 25.1. The van der Waals surface area contributed by atoms with Gasteiger partial charge in [0.15, 0.2) is 0 Å². The lowest BCUT2D eigenvalue weighted by Crippen LogP contribution is -2.58. The van der Waals surface area contributed by atoms with E-state index in [1.807, 2.05) is 13.8 Å². The summed E-state index contributed by atoms with van der Waals surface area (Å²) >= 11 is 0. The van der Waals surface area contributed by atoms with E-state index in [0.717, 1.165) is 11.3 Å². The van der Waals surface area contributed by atoms with Crippen molar-refractivity contribution in [3.05, 3.63) is 0 Å². The fourth-order valence-electron chi connectivity index (χ4n) is 2.14. The van der Waals surface area contributed by atoms with Crippen molar-refractivity contribution < 1.29 is 27.5 Å². The normalized spacial score (nSPS) is 22.3. The Kier molecular flexibility index (Phi) is 7.27. The van der Waals surface area contributed by atoms with Gasteiger partial charge in [0, 0.05) is 12.6 Å². The summed E-state index contributed by atoms with van der Waals surface area (Å²) < 4.78 is 42.8. The number of halogens is 3. The number of nitrogens with zero attached hydrogens (tertiary/aromatic N) is 1. The van der Waals surface area contributed by atoms with Gasteiger partial charge < -0.3 is 15.4 Å². The fraction of sp³-hybridized carbons (Fsp3) is 0.857. The lowest BCUT2D eigenvalue weighted by Gasteiger charge is -2.35. The standard InChI is InChI=1S/C14H24F3N3O3/c1-4-9(2)18-12(21)10(3)19-13(22)11-7-23-6-5-20(11)8-14(15,16)17/h9-11H,4-8H2,1-3H3,(H,18,21)(H,19,22)/t9-,10+,11+/m0/s1. The monoisotopic (exact) mass is 339 g/mol. The molecular formula is C14H24F3N3O3. The van der Waals surface area contributed by atoms with E-state index in [1.54, 1.807) is 0 Å². The Hall–Kier alpha value is -1.35. The van der Waals surface area contributed by atoms with Gasteiger partial charge in [-0.1, -0.05) is 6.92 Å². The van der Waals surface area contributed by atoms with Crippen molar-refractivity contribution in [3.8, 4) is 0 Å². The molecule has 1 rings (SSSR count). The summed E-state index contributed by atoms with van der Waals surface area (Å²) in [7, 11) is 0. The molecule has 3 atom stereocenters. The van der Waals surface area contributed by atoms with Crippen LogP contribution in [0.25, 0.3) is 0 Å². The maximum Gasteiger partial charge on any atom is 0.401 e. The van der Waals surface area contributed by atoms with E-state index >= 15 is 0 Å². The molecule has 0 aromatic heterocycles. The van der Waals surface area contributed by atoms with E-state index in [0.29, 0.717) is 0 Å². The van der Waals surface area contributed by atoms with Gasteiger partial charge in [-0.3, -0.25) is 14.5 Å². The van der Waals surface area contributed by atoms with E-state index < -0.39 is 30.7 Å². The van der Waals surface area contributed by atoms with Crippen LogP contribution in [0.4, 0.5) is 13.2 Å². The average Bonchev–Trinajstić information content (AvgIpc) is 2.45. The summed E-state index contributed by atoms with van der Waals surface area (Å²) in [5.74, 6) is -1.01. The molecule has 1 fully saturated rings. The smallest absolute Gasteiger partial charge is 0.378 e. The van der Waals surface area contributed by atoms with Crippen LogP contribution in [0.15, 0.2) is 0 Å². The number of morpholine rings is 1. The van der Waals surface area contributed by atoms with Crippen LogP contribution in [0.1, 0.15) is 27.2 Å². The van der Waals surface area contributed by atoms with Gasteiger partial charge in [-0.05, 0) is 20.3 Å². The molecule has 2 amide bonds. The minimum atomic E-state index is -4.39. The molecule has 9 heteroatoms. The molecule has 0 saturated carbocycles. The highest BCUT2D eigenvalue weighted by Gasteiger charge is 2.38. The minimum Gasteiger partial charge on any atom is -0.378 e. The first-order valence-corrected chi connectivity index (χ1v) is 7.63. The molecule has 0 unspecified atom stereocenters. The van der Waals surface area contributed by atoms with Crippen LogP contribution in [-0.2, 0) is 14.3 Å². The van der Waals surface area contributed by atoms with Crippen molar-refractivity contribution in [3.63, 3.8) is 0 Å². The number of amides is 2. The van der Waals surface area contributed by atoms with Crippen LogP contribution in [-0.4, -0.2) is 67.3 Å². The van der Waals surface area contributed by atoms with Crippen LogP contribution in [0, 0.1) is 0 Å². The van der Waals surface area contributed by atoms with Crippen LogP contribution in [0.2, 0.25) is 0 Å². The molecule has 1 aliphatic rings. The molecule has 0 spiro atoms. The van der Waals surface area contributed by atoms with E-state index in [4.69, 9.17) is 4.74 Å². The highest BCUT2D eigenvalue weighted by atomic mass is 19.4. The van der Waals surface area contributed by atoms with Crippen molar-refractivity contribution in [2.75, 3.05) is 26.3 Å². The molecule has 6 nitrogen and oxygen atoms in total. The Morgan fingerprint density at radius 1 is 1.30 bits per heavy atom. The topological polar surface area (TPSA) is 70.7 Å².